The Morgan fingerprint density at radius 2 is 1.19 bits per heavy atom. The molecule has 0 saturated carbocycles. The van der Waals surface area contributed by atoms with Crippen molar-refractivity contribution in [2.75, 3.05) is 5.73 Å². The molecule has 2 N–H and O–H groups in total. The first-order valence-corrected chi connectivity index (χ1v) is 19.5. The van der Waals surface area contributed by atoms with Crippen LogP contribution in [0.15, 0.2) is 182 Å². The zero-order chi connectivity index (χ0) is 38.6. The van der Waals surface area contributed by atoms with Crippen LogP contribution in [-0.4, -0.2) is 19.9 Å². The average molecular weight is 742 g/mol. The van der Waals surface area contributed by atoms with Crippen LogP contribution in [0.4, 0.5) is 5.69 Å². The molecule has 0 radical (unpaired) electrons. The maximum atomic E-state index is 6.86. The number of pyridine rings is 2. The molecule has 7 aromatic carbocycles. The lowest BCUT2D eigenvalue weighted by molar-refractivity contribution is 1.20. The Hall–Kier alpha value is -7.76. The van der Waals surface area contributed by atoms with Gasteiger partial charge in [-0.15, -0.1) is 0 Å². The minimum atomic E-state index is 0.669. The van der Waals surface area contributed by atoms with Gasteiger partial charge >= 0.3 is 0 Å². The van der Waals surface area contributed by atoms with Crippen molar-refractivity contribution in [3.63, 3.8) is 0 Å². The first kappa shape index (κ1) is 33.6. The summed E-state index contributed by atoms with van der Waals surface area (Å²) in [6.07, 6.45) is 10.4. The zero-order valence-electron chi connectivity index (χ0n) is 31.5. The standard InChI is InChI=1S/C53H35N5/c54-52-34(12-5-9-33-10-6-14-37(27-33)49-31-55-32-50(57-49)40-29-38-11-1-4-20-47(38)56-30-40)21-22-35-23-26-48(58-53(35)52)39-15-7-13-36(28-39)41-24-25-46-43-17-3-2-16-42(43)45-19-8-18-44(41)51(45)46/h1-8,10-32H,9,54H2/b12-5-. The van der Waals surface area contributed by atoms with Crippen LogP contribution in [0.25, 0.3) is 106 Å². The number of hydrogen-bond acceptors (Lipinski definition) is 5. The van der Waals surface area contributed by atoms with Crippen LogP contribution in [0.5, 0.6) is 0 Å². The van der Waals surface area contributed by atoms with E-state index in [-0.39, 0.29) is 0 Å². The van der Waals surface area contributed by atoms with E-state index in [1.807, 2.05) is 30.6 Å². The number of nitrogens with zero attached hydrogens (tertiary/aromatic N) is 4. The summed E-state index contributed by atoms with van der Waals surface area (Å²) >= 11 is 0. The summed E-state index contributed by atoms with van der Waals surface area (Å²) in [6.45, 7) is 0. The largest absolute Gasteiger partial charge is 0.396 e. The van der Waals surface area contributed by atoms with E-state index in [9.17, 15) is 0 Å². The van der Waals surface area contributed by atoms with Crippen molar-refractivity contribution >= 4 is 44.3 Å². The molecule has 0 amide bonds. The monoisotopic (exact) mass is 741 g/mol. The van der Waals surface area contributed by atoms with Gasteiger partial charge in [-0.1, -0.05) is 140 Å². The molecule has 3 heterocycles. The number of nitrogen functional groups attached to an aromatic ring is 1. The molecule has 58 heavy (non-hydrogen) atoms. The van der Waals surface area contributed by atoms with Crippen LogP contribution < -0.4 is 5.73 Å². The highest BCUT2D eigenvalue weighted by atomic mass is 14.8. The van der Waals surface area contributed by atoms with Gasteiger partial charge in [0.25, 0.3) is 0 Å². The second kappa shape index (κ2) is 13.8. The molecule has 1 aliphatic rings. The minimum absolute atomic E-state index is 0.669. The van der Waals surface area contributed by atoms with Crippen molar-refractivity contribution < 1.29 is 0 Å². The maximum absolute atomic E-state index is 6.86. The molecular formula is C53H35N5. The van der Waals surface area contributed by atoms with Crippen molar-refractivity contribution in [3.05, 3.63) is 194 Å². The number of allylic oxidation sites excluding steroid dienone is 1. The number of nitrogens with two attached hydrogens (primary N) is 1. The van der Waals surface area contributed by atoms with E-state index in [1.165, 1.54) is 38.6 Å². The summed E-state index contributed by atoms with van der Waals surface area (Å²) in [6, 6.07) is 55.6. The summed E-state index contributed by atoms with van der Waals surface area (Å²) in [5.41, 5.74) is 24.5. The van der Waals surface area contributed by atoms with E-state index < -0.39 is 0 Å². The maximum Gasteiger partial charge on any atom is 0.0944 e. The van der Waals surface area contributed by atoms with Gasteiger partial charge in [-0.25, -0.2) is 9.97 Å². The van der Waals surface area contributed by atoms with Gasteiger partial charge in [0, 0.05) is 33.7 Å². The molecule has 0 atom stereocenters. The topological polar surface area (TPSA) is 77.6 Å². The Morgan fingerprint density at radius 3 is 2.09 bits per heavy atom. The van der Waals surface area contributed by atoms with Crippen LogP contribution in [0.1, 0.15) is 11.1 Å². The quantitative estimate of drug-likeness (QED) is 0.165. The fraction of sp³-hybridized carbons (Fsp3) is 0.0189. The van der Waals surface area contributed by atoms with Crippen LogP contribution in [0.3, 0.4) is 0 Å². The van der Waals surface area contributed by atoms with Crippen LogP contribution in [-0.2, 0) is 6.42 Å². The lowest BCUT2D eigenvalue weighted by Crippen LogP contribution is -1.95. The number of anilines is 1. The van der Waals surface area contributed by atoms with Crippen molar-refractivity contribution in [1.29, 1.82) is 0 Å². The Kier molecular flexibility index (Phi) is 7.97. The predicted molar refractivity (Wildman–Crippen MR) is 240 cm³/mol. The Morgan fingerprint density at radius 1 is 0.483 bits per heavy atom. The second-order valence-corrected chi connectivity index (χ2v) is 14.9. The normalized spacial score (nSPS) is 11.9. The van der Waals surface area contributed by atoms with Gasteiger partial charge in [-0.05, 0) is 92.0 Å². The second-order valence-electron chi connectivity index (χ2n) is 14.9. The zero-order valence-corrected chi connectivity index (χ0v) is 31.5. The SMILES string of the molecule is Nc1c(/C=C\Cc2cccc(-c3cncc(-c4cnc5ccccc5c4)n3)c2)ccc2ccc(-c3cccc(-c4ccc5c6c(cccc46)-c4ccccc4-5)c3)nc12. The van der Waals surface area contributed by atoms with Gasteiger partial charge in [-0.2, -0.15) is 0 Å². The number of benzene rings is 7. The number of hydrogen-bond donors (Lipinski definition) is 1. The van der Waals surface area contributed by atoms with Gasteiger partial charge in [0.2, 0.25) is 0 Å². The van der Waals surface area contributed by atoms with Gasteiger partial charge in [-0.3, -0.25) is 9.97 Å². The summed E-state index contributed by atoms with van der Waals surface area (Å²) in [5, 5.41) is 4.68. The fourth-order valence-corrected chi connectivity index (χ4v) is 8.47. The molecule has 5 nitrogen and oxygen atoms in total. The molecule has 1 aliphatic carbocycles. The van der Waals surface area contributed by atoms with Gasteiger partial charge in [0.1, 0.15) is 0 Å². The summed E-state index contributed by atoms with van der Waals surface area (Å²) < 4.78 is 0. The molecule has 0 bridgehead atoms. The number of para-hydroxylation sites is 1. The first-order valence-electron chi connectivity index (χ1n) is 19.5. The first-order chi connectivity index (χ1) is 28.6. The number of rotatable bonds is 7. The van der Waals surface area contributed by atoms with Crippen LogP contribution in [0, 0.1) is 0 Å². The fourth-order valence-electron chi connectivity index (χ4n) is 8.47. The van der Waals surface area contributed by atoms with Crippen molar-refractivity contribution in [2.45, 2.75) is 6.42 Å². The molecule has 0 unspecified atom stereocenters. The summed E-state index contributed by atoms with van der Waals surface area (Å²) in [4.78, 5) is 19.3. The van der Waals surface area contributed by atoms with E-state index in [1.54, 1.807) is 6.20 Å². The van der Waals surface area contributed by atoms with Gasteiger partial charge in [0.05, 0.1) is 46.2 Å². The molecule has 272 valence electrons. The predicted octanol–water partition coefficient (Wildman–Crippen LogP) is 12.9. The van der Waals surface area contributed by atoms with Gasteiger partial charge in [0.15, 0.2) is 0 Å². The lowest BCUT2D eigenvalue weighted by Gasteiger charge is -2.12. The smallest absolute Gasteiger partial charge is 0.0944 e. The molecule has 0 spiro atoms. The van der Waals surface area contributed by atoms with Crippen LogP contribution >= 0.6 is 0 Å². The number of aromatic nitrogens is 4. The molecule has 5 heteroatoms. The molecular weight excluding hydrogens is 707 g/mol. The highest BCUT2D eigenvalue weighted by molar-refractivity contribution is 6.18. The van der Waals surface area contributed by atoms with Crippen molar-refractivity contribution in [2.24, 2.45) is 0 Å². The summed E-state index contributed by atoms with van der Waals surface area (Å²) in [7, 11) is 0. The molecule has 0 saturated heterocycles. The van der Waals surface area contributed by atoms with E-state index in [0.29, 0.717) is 5.69 Å². The van der Waals surface area contributed by atoms with Crippen molar-refractivity contribution in [3.8, 4) is 67.2 Å². The Labute approximate surface area is 335 Å². The van der Waals surface area contributed by atoms with E-state index >= 15 is 0 Å². The molecule has 11 rings (SSSR count). The van der Waals surface area contributed by atoms with E-state index in [0.717, 1.165) is 78.7 Å². The van der Waals surface area contributed by atoms with Crippen LogP contribution in [0.2, 0.25) is 0 Å². The van der Waals surface area contributed by atoms with Gasteiger partial charge < -0.3 is 5.73 Å². The molecule has 10 aromatic rings. The highest BCUT2D eigenvalue weighted by Crippen LogP contribution is 2.49. The average Bonchev–Trinajstić information content (AvgIpc) is 3.62. The van der Waals surface area contributed by atoms with E-state index in [2.05, 4.69) is 162 Å². The highest BCUT2D eigenvalue weighted by Gasteiger charge is 2.22. The van der Waals surface area contributed by atoms with E-state index in [4.69, 9.17) is 15.7 Å². The third-order valence-corrected chi connectivity index (χ3v) is 11.3. The lowest BCUT2D eigenvalue weighted by atomic mass is 9.93. The minimum Gasteiger partial charge on any atom is -0.396 e. The molecule has 0 fully saturated rings. The van der Waals surface area contributed by atoms with Crippen molar-refractivity contribution in [1.82, 2.24) is 19.9 Å². The molecule has 0 aliphatic heterocycles. The number of fused-ring (bicyclic) bond motifs is 5. The Bertz CT molecular complexity index is 3260. The molecule has 3 aromatic heterocycles. The summed E-state index contributed by atoms with van der Waals surface area (Å²) in [5.74, 6) is 0. The Balaban J connectivity index is 0.853. The third kappa shape index (κ3) is 5.80. The third-order valence-electron chi connectivity index (χ3n) is 11.3.